The van der Waals surface area contributed by atoms with Gasteiger partial charge in [0.2, 0.25) is 0 Å². The van der Waals surface area contributed by atoms with Crippen LogP contribution in [0.2, 0.25) is 26.2 Å². The van der Waals surface area contributed by atoms with E-state index in [2.05, 4.69) is 38.3 Å². The molecule has 0 aromatic carbocycles. The fraction of sp³-hybridized carbons (Fsp3) is 0.778. The molecular weight excluding hydrogens is 320 g/mol. The van der Waals surface area contributed by atoms with Crippen molar-refractivity contribution in [2.45, 2.75) is 75.2 Å². The number of hydrogen-bond acceptors (Lipinski definition) is 3. The van der Waals surface area contributed by atoms with E-state index in [1.165, 1.54) is 25.7 Å². The molecule has 2 saturated heterocycles. The van der Waals surface area contributed by atoms with Gasteiger partial charge in [0.15, 0.2) is 0 Å². The van der Waals surface area contributed by atoms with Gasteiger partial charge >= 0.3 is 0 Å². The highest BCUT2D eigenvalue weighted by Gasteiger charge is 2.45. The Hall–Kier alpha value is -0.366. The maximum absolute atomic E-state index is 6.51. The van der Waals surface area contributed by atoms with E-state index < -0.39 is 17.6 Å². The van der Waals surface area contributed by atoms with Crippen LogP contribution in [0.15, 0.2) is 16.5 Å². The Bertz CT molecular complexity index is 468. The SMILES string of the molecule is C[SiH](C)C1(c2ccc(C3([SiH](C)C)CCCCO3)o2)CCCCO1. The van der Waals surface area contributed by atoms with E-state index in [1.54, 1.807) is 0 Å². The Morgan fingerprint density at radius 2 is 1.17 bits per heavy atom. The fourth-order valence-electron chi connectivity index (χ4n) is 4.29. The summed E-state index contributed by atoms with van der Waals surface area (Å²) in [6.07, 6.45) is 7.11. The van der Waals surface area contributed by atoms with E-state index in [4.69, 9.17) is 13.9 Å². The summed E-state index contributed by atoms with van der Waals surface area (Å²) in [5.74, 6) is 2.16. The lowest BCUT2D eigenvalue weighted by atomic mass is 10.1. The molecular formula is C18H32O3Si2. The number of furan rings is 1. The molecule has 0 saturated carbocycles. The van der Waals surface area contributed by atoms with Gasteiger partial charge in [-0.25, -0.2) is 0 Å². The molecule has 3 heterocycles. The molecule has 23 heavy (non-hydrogen) atoms. The van der Waals surface area contributed by atoms with Crippen molar-refractivity contribution in [3.63, 3.8) is 0 Å². The van der Waals surface area contributed by atoms with Gasteiger partial charge in [-0.3, -0.25) is 0 Å². The molecule has 0 N–H and O–H groups in total. The largest absolute Gasteiger partial charge is 0.461 e. The van der Waals surface area contributed by atoms with Gasteiger partial charge in [0.25, 0.3) is 0 Å². The molecule has 2 aliphatic heterocycles. The number of rotatable bonds is 4. The van der Waals surface area contributed by atoms with Crippen molar-refractivity contribution in [1.82, 2.24) is 0 Å². The molecule has 1 aromatic rings. The first-order chi connectivity index (χ1) is 11.0. The maximum Gasteiger partial charge on any atom is 0.132 e. The van der Waals surface area contributed by atoms with Crippen LogP contribution in [-0.2, 0) is 19.9 Å². The van der Waals surface area contributed by atoms with E-state index in [0.29, 0.717) is 0 Å². The Morgan fingerprint density at radius 1 is 0.739 bits per heavy atom. The Labute approximate surface area is 144 Å². The summed E-state index contributed by atoms with van der Waals surface area (Å²) >= 11 is 0. The summed E-state index contributed by atoms with van der Waals surface area (Å²) in [6, 6.07) is 4.40. The summed E-state index contributed by atoms with van der Waals surface area (Å²) in [6.45, 7) is 11.3. The molecule has 1 aromatic heterocycles. The van der Waals surface area contributed by atoms with Crippen LogP contribution in [0.1, 0.15) is 50.0 Å². The molecule has 2 fully saturated rings. The van der Waals surface area contributed by atoms with E-state index >= 15 is 0 Å². The summed E-state index contributed by atoms with van der Waals surface area (Å²) in [7, 11) is -2.07. The average Bonchev–Trinajstić information content (AvgIpc) is 3.06. The van der Waals surface area contributed by atoms with Gasteiger partial charge in [0.1, 0.15) is 22.0 Å². The Balaban J connectivity index is 1.95. The third-order valence-corrected chi connectivity index (χ3v) is 11.1. The van der Waals surface area contributed by atoms with Crippen molar-refractivity contribution in [1.29, 1.82) is 0 Å². The van der Waals surface area contributed by atoms with E-state index in [0.717, 1.165) is 37.6 Å². The quantitative estimate of drug-likeness (QED) is 0.764. The summed E-state index contributed by atoms with van der Waals surface area (Å²) in [5, 5.41) is -0.213. The monoisotopic (exact) mass is 352 g/mol. The second-order valence-electron chi connectivity index (χ2n) is 7.86. The van der Waals surface area contributed by atoms with Crippen LogP contribution in [0.25, 0.3) is 0 Å². The molecule has 0 aliphatic carbocycles. The maximum atomic E-state index is 6.51. The lowest BCUT2D eigenvalue weighted by molar-refractivity contribution is -0.0553. The normalized spacial score (nSPS) is 32.6. The molecule has 3 rings (SSSR count). The molecule has 2 atom stereocenters. The fourth-order valence-corrected chi connectivity index (χ4v) is 8.21. The van der Waals surface area contributed by atoms with Crippen LogP contribution >= 0.6 is 0 Å². The highest BCUT2D eigenvalue weighted by molar-refractivity contribution is 6.59. The summed E-state index contributed by atoms with van der Waals surface area (Å²) < 4.78 is 19.2. The van der Waals surface area contributed by atoms with E-state index in [1.807, 2.05) is 0 Å². The Kier molecular flexibility index (Phi) is 5.21. The molecule has 0 bridgehead atoms. The highest BCUT2D eigenvalue weighted by atomic mass is 28.3. The first-order valence-corrected chi connectivity index (χ1v) is 15.2. The second-order valence-corrected chi connectivity index (χ2v) is 14.3. The molecule has 5 heteroatoms. The minimum absolute atomic E-state index is 0.106. The van der Waals surface area contributed by atoms with Gasteiger partial charge in [-0.15, -0.1) is 0 Å². The molecule has 2 aliphatic rings. The zero-order chi connectivity index (χ0) is 16.5. The smallest absolute Gasteiger partial charge is 0.132 e. The van der Waals surface area contributed by atoms with Crippen LogP contribution in [0.3, 0.4) is 0 Å². The molecule has 0 radical (unpaired) electrons. The van der Waals surface area contributed by atoms with Crippen molar-refractivity contribution >= 4 is 17.6 Å². The standard InChI is InChI=1S/C18H32O3Si2/c1-22(2)17(11-5-7-13-19-17)15-9-10-16(21-15)18(23(3)4)12-6-8-14-20-18/h9-10,22-23H,5-8,11-14H2,1-4H3. The summed E-state index contributed by atoms with van der Waals surface area (Å²) in [5.41, 5.74) is 0. The molecule has 3 nitrogen and oxygen atoms in total. The van der Waals surface area contributed by atoms with Crippen molar-refractivity contribution in [3.05, 3.63) is 23.7 Å². The number of ether oxygens (including phenoxy) is 2. The van der Waals surface area contributed by atoms with Crippen LogP contribution in [0, 0.1) is 0 Å². The lowest BCUT2D eigenvalue weighted by Crippen LogP contribution is -2.45. The van der Waals surface area contributed by atoms with Crippen molar-refractivity contribution in [2.24, 2.45) is 0 Å². The average molecular weight is 353 g/mol. The van der Waals surface area contributed by atoms with Crippen molar-refractivity contribution < 1.29 is 13.9 Å². The van der Waals surface area contributed by atoms with Crippen LogP contribution < -0.4 is 0 Å². The Morgan fingerprint density at radius 3 is 1.48 bits per heavy atom. The number of hydrogen-bond donors (Lipinski definition) is 0. The van der Waals surface area contributed by atoms with Crippen LogP contribution in [0.5, 0.6) is 0 Å². The van der Waals surface area contributed by atoms with Gasteiger partial charge in [-0.1, -0.05) is 26.2 Å². The topological polar surface area (TPSA) is 31.6 Å². The molecule has 2 unspecified atom stereocenters. The minimum Gasteiger partial charge on any atom is -0.461 e. The van der Waals surface area contributed by atoms with Gasteiger partial charge in [0, 0.05) is 13.2 Å². The third-order valence-electron chi connectivity index (χ3n) is 5.91. The molecule has 0 amide bonds. The van der Waals surface area contributed by atoms with Gasteiger partial charge in [0.05, 0.1) is 17.6 Å². The van der Waals surface area contributed by atoms with Crippen molar-refractivity contribution in [3.8, 4) is 0 Å². The predicted octanol–water partition coefficient (Wildman–Crippen LogP) is 4.12. The highest BCUT2D eigenvalue weighted by Crippen LogP contribution is 2.43. The van der Waals surface area contributed by atoms with E-state index in [9.17, 15) is 0 Å². The van der Waals surface area contributed by atoms with Gasteiger partial charge < -0.3 is 13.9 Å². The van der Waals surface area contributed by atoms with Crippen LogP contribution in [-0.4, -0.2) is 30.8 Å². The lowest BCUT2D eigenvalue weighted by Gasteiger charge is -2.40. The second kappa shape index (κ2) is 6.86. The first kappa shape index (κ1) is 17.5. The van der Waals surface area contributed by atoms with Crippen LogP contribution in [0.4, 0.5) is 0 Å². The molecule has 130 valence electrons. The summed E-state index contributed by atoms with van der Waals surface area (Å²) in [4.78, 5) is 0. The molecule has 0 spiro atoms. The van der Waals surface area contributed by atoms with Gasteiger partial charge in [-0.05, 0) is 50.7 Å². The van der Waals surface area contributed by atoms with E-state index in [-0.39, 0.29) is 10.4 Å². The third kappa shape index (κ3) is 3.01. The van der Waals surface area contributed by atoms with Gasteiger partial charge in [-0.2, -0.15) is 0 Å². The van der Waals surface area contributed by atoms with Crippen molar-refractivity contribution in [2.75, 3.05) is 13.2 Å². The zero-order valence-electron chi connectivity index (χ0n) is 15.2. The minimum atomic E-state index is -1.04. The predicted molar refractivity (Wildman–Crippen MR) is 99.4 cm³/mol. The first-order valence-electron chi connectivity index (χ1n) is 9.40. The zero-order valence-corrected chi connectivity index (χ0v) is 17.5.